The van der Waals surface area contributed by atoms with E-state index in [4.69, 9.17) is 0 Å². The van der Waals surface area contributed by atoms with Gasteiger partial charge in [0.05, 0.1) is 0 Å². The van der Waals surface area contributed by atoms with Crippen LogP contribution in [0.1, 0.15) is 75.8 Å². The standard InChI is InChI=1S/C23H31NO/c1-3-4-10-17(2)22-20(16-15-18-11-6-5-7-12-18)19-13-8-9-14-21(19)24-23(22)25/h3-4,8-9,13-14,17-18H,5-7,10-12,15-16H2,1-2H3,(H,24,25)/b4-3-. The van der Waals surface area contributed by atoms with Gasteiger partial charge in [-0.2, -0.15) is 0 Å². The molecular weight excluding hydrogens is 306 g/mol. The molecule has 0 radical (unpaired) electrons. The van der Waals surface area contributed by atoms with Crippen molar-refractivity contribution in [3.05, 3.63) is 57.9 Å². The molecular formula is C23H31NO. The van der Waals surface area contributed by atoms with Gasteiger partial charge >= 0.3 is 0 Å². The van der Waals surface area contributed by atoms with Gasteiger partial charge in [0.25, 0.3) is 5.56 Å². The van der Waals surface area contributed by atoms with E-state index in [1.807, 2.05) is 19.1 Å². The Hall–Kier alpha value is -1.83. The molecule has 25 heavy (non-hydrogen) atoms. The van der Waals surface area contributed by atoms with E-state index in [2.05, 4.69) is 36.2 Å². The Kier molecular flexibility index (Phi) is 6.12. The summed E-state index contributed by atoms with van der Waals surface area (Å²) in [5, 5.41) is 1.24. The number of hydrogen-bond donors (Lipinski definition) is 1. The second-order valence-electron chi connectivity index (χ2n) is 7.64. The van der Waals surface area contributed by atoms with E-state index in [9.17, 15) is 4.79 Å². The van der Waals surface area contributed by atoms with Crippen molar-refractivity contribution in [3.63, 3.8) is 0 Å². The molecule has 1 fully saturated rings. The summed E-state index contributed by atoms with van der Waals surface area (Å²) in [6, 6.07) is 8.30. The van der Waals surface area contributed by atoms with Crippen molar-refractivity contribution in [1.29, 1.82) is 0 Å². The van der Waals surface area contributed by atoms with Gasteiger partial charge in [0, 0.05) is 16.5 Å². The molecule has 1 aliphatic rings. The Morgan fingerprint density at radius 2 is 1.96 bits per heavy atom. The van der Waals surface area contributed by atoms with Gasteiger partial charge in [-0.3, -0.25) is 4.79 Å². The van der Waals surface area contributed by atoms with Crippen LogP contribution in [0.25, 0.3) is 10.9 Å². The molecule has 1 atom stereocenters. The Morgan fingerprint density at radius 1 is 1.20 bits per heavy atom. The molecule has 3 rings (SSSR count). The third kappa shape index (κ3) is 4.23. The average Bonchev–Trinajstić information content (AvgIpc) is 2.64. The molecule has 0 saturated heterocycles. The molecule has 2 heteroatoms. The minimum absolute atomic E-state index is 0.106. The molecule has 0 aliphatic heterocycles. The summed E-state index contributed by atoms with van der Waals surface area (Å²) in [7, 11) is 0. The van der Waals surface area contributed by atoms with E-state index in [0.717, 1.165) is 29.8 Å². The number of nitrogens with one attached hydrogen (secondary N) is 1. The highest BCUT2D eigenvalue weighted by Gasteiger charge is 2.20. The number of hydrogen-bond acceptors (Lipinski definition) is 1. The summed E-state index contributed by atoms with van der Waals surface area (Å²) in [6.07, 6.45) is 14.3. The number of allylic oxidation sites excluding steroid dienone is 2. The number of rotatable bonds is 6. The van der Waals surface area contributed by atoms with E-state index in [1.165, 1.54) is 49.5 Å². The number of aryl methyl sites for hydroxylation is 1. The lowest BCUT2D eigenvalue weighted by molar-refractivity contribution is 0.339. The molecule has 0 spiro atoms. The molecule has 1 aliphatic carbocycles. The number of benzene rings is 1. The predicted octanol–water partition coefficient (Wildman–Crippen LogP) is 6.11. The highest BCUT2D eigenvalue weighted by atomic mass is 16.1. The lowest BCUT2D eigenvalue weighted by atomic mass is 9.83. The van der Waals surface area contributed by atoms with Gasteiger partial charge in [0.2, 0.25) is 0 Å². The highest BCUT2D eigenvalue weighted by Crippen LogP contribution is 2.31. The van der Waals surface area contributed by atoms with Crippen LogP contribution in [0.15, 0.2) is 41.2 Å². The summed E-state index contributed by atoms with van der Waals surface area (Å²) >= 11 is 0. The zero-order valence-corrected chi connectivity index (χ0v) is 15.7. The quantitative estimate of drug-likeness (QED) is 0.634. The average molecular weight is 338 g/mol. The van der Waals surface area contributed by atoms with Gasteiger partial charge in [0.1, 0.15) is 0 Å². The Balaban J connectivity index is 1.97. The van der Waals surface area contributed by atoms with Gasteiger partial charge in [-0.25, -0.2) is 0 Å². The Morgan fingerprint density at radius 3 is 2.72 bits per heavy atom. The van der Waals surface area contributed by atoms with Crippen LogP contribution in [0, 0.1) is 5.92 Å². The van der Waals surface area contributed by atoms with E-state index in [-0.39, 0.29) is 11.5 Å². The molecule has 1 aromatic heterocycles. The zero-order valence-electron chi connectivity index (χ0n) is 15.7. The number of para-hydroxylation sites is 1. The third-order valence-corrected chi connectivity index (χ3v) is 5.82. The molecule has 0 amide bonds. The van der Waals surface area contributed by atoms with Crippen molar-refractivity contribution >= 4 is 10.9 Å². The number of fused-ring (bicyclic) bond motifs is 1. The van der Waals surface area contributed by atoms with Crippen molar-refractivity contribution in [2.24, 2.45) is 5.92 Å². The van der Waals surface area contributed by atoms with E-state index in [1.54, 1.807) is 0 Å². The Labute approximate surface area is 151 Å². The lowest BCUT2D eigenvalue weighted by Crippen LogP contribution is -2.19. The first-order valence-corrected chi connectivity index (χ1v) is 9.95. The maximum Gasteiger partial charge on any atom is 0.252 e. The lowest BCUT2D eigenvalue weighted by Gasteiger charge is -2.23. The first-order chi connectivity index (χ1) is 12.2. The molecule has 2 nitrogen and oxygen atoms in total. The highest BCUT2D eigenvalue weighted by molar-refractivity contribution is 5.83. The van der Waals surface area contributed by atoms with Crippen LogP contribution < -0.4 is 5.56 Å². The minimum atomic E-state index is 0.106. The second-order valence-corrected chi connectivity index (χ2v) is 7.64. The van der Waals surface area contributed by atoms with Gasteiger partial charge < -0.3 is 4.98 Å². The summed E-state index contributed by atoms with van der Waals surface area (Å²) < 4.78 is 0. The van der Waals surface area contributed by atoms with Crippen molar-refractivity contribution < 1.29 is 0 Å². The fourth-order valence-corrected chi connectivity index (χ4v) is 4.40. The van der Waals surface area contributed by atoms with Crippen LogP contribution in [-0.2, 0) is 6.42 Å². The third-order valence-electron chi connectivity index (χ3n) is 5.82. The number of pyridine rings is 1. The van der Waals surface area contributed by atoms with E-state index in [0.29, 0.717) is 0 Å². The summed E-state index contributed by atoms with van der Waals surface area (Å²) in [4.78, 5) is 15.9. The first kappa shape index (κ1) is 18.0. The van der Waals surface area contributed by atoms with Gasteiger partial charge in [-0.1, -0.05) is 69.4 Å². The molecule has 2 aromatic rings. The first-order valence-electron chi connectivity index (χ1n) is 9.95. The normalized spacial score (nSPS) is 17.4. The molecule has 1 heterocycles. The summed E-state index contributed by atoms with van der Waals surface area (Å²) in [5.41, 5.74) is 3.39. The summed E-state index contributed by atoms with van der Waals surface area (Å²) in [6.45, 7) is 4.23. The molecule has 1 saturated carbocycles. The molecule has 0 bridgehead atoms. The maximum absolute atomic E-state index is 12.8. The number of H-pyrrole nitrogens is 1. The fourth-order valence-electron chi connectivity index (χ4n) is 4.40. The number of aromatic nitrogens is 1. The van der Waals surface area contributed by atoms with Crippen molar-refractivity contribution in [3.8, 4) is 0 Å². The monoisotopic (exact) mass is 337 g/mol. The van der Waals surface area contributed by atoms with Gasteiger partial charge in [-0.05, 0) is 49.7 Å². The van der Waals surface area contributed by atoms with Crippen LogP contribution in [0.5, 0.6) is 0 Å². The van der Waals surface area contributed by atoms with Crippen LogP contribution in [0.3, 0.4) is 0 Å². The minimum Gasteiger partial charge on any atom is -0.322 e. The van der Waals surface area contributed by atoms with Crippen LogP contribution in [0.4, 0.5) is 0 Å². The topological polar surface area (TPSA) is 32.9 Å². The van der Waals surface area contributed by atoms with E-state index < -0.39 is 0 Å². The zero-order chi connectivity index (χ0) is 17.6. The van der Waals surface area contributed by atoms with Crippen molar-refractivity contribution in [1.82, 2.24) is 4.98 Å². The smallest absolute Gasteiger partial charge is 0.252 e. The van der Waals surface area contributed by atoms with Crippen molar-refractivity contribution in [2.75, 3.05) is 0 Å². The van der Waals surface area contributed by atoms with Gasteiger partial charge in [-0.15, -0.1) is 0 Å². The van der Waals surface area contributed by atoms with Crippen LogP contribution in [0.2, 0.25) is 0 Å². The molecule has 1 aromatic carbocycles. The van der Waals surface area contributed by atoms with Crippen molar-refractivity contribution in [2.45, 2.75) is 71.1 Å². The second kappa shape index (κ2) is 8.51. The molecule has 1 N–H and O–H groups in total. The van der Waals surface area contributed by atoms with Gasteiger partial charge in [0.15, 0.2) is 0 Å². The largest absolute Gasteiger partial charge is 0.322 e. The van der Waals surface area contributed by atoms with Crippen LogP contribution in [-0.4, -0.2) is 4.98 Å². The summed E-state index contributed by atoms with van der Waals surface area (Å²) in [5.74, 6) is 1.09. The molecule has 1 unspecified atom stereocenters. The number of aromatic amines is 1. The molecule has 134 valence electrons. The predicted molar refractivity (Wildman–Crippen MR) is 107 cm³/mol. The fraction of sp³-hybridized carbons (Fsp3) is 0.522. The van der Waals surface area contributed by atoms with E-state index >= 15 is 0 Å². The SMILES string of the molecule is C/C=C\CC(C)c1c(CCC2CCCCC2)c2ccccc2[nH]c1=O. The van der Waals surface area contributed by atoms with Crippen LogP contribution >= 0.6 is 0 Å². The Bertz CT molecular complexity index is 780. The maximum atomic E-state index is 12.8.